The van der Waals surface area contributed by atoms with Gasteiger partial charge in [0.05, 0.1) is 42.6 Å². The second-order valence-corrected chi connectivity index (χ2v) is 9.23. The number of hydrogen-bond donors (Lipinski definition) is 1. The Kier molecular flexibility index (Phi) is 6.15. The van der Waals surface area contributed by atoms with Crippen LogP contribution in [0.25, 0.3) is 10.9 Å². The minimum absolute atomic E-state index is 0.120. The van der Waals surface area contributed by atoms with Gasteiger partial charge in [-0.15, -0.1) is 0 Å². The van der Waals surface area contributed by atoms with Crippen molar-refractivity contribution in [3.63, 3.8) is 0 Å². The molecule has 1 aromatic carbocycles. The van der Waals surface area contributed by atoms with Crippen molar-refractivity contribution >= 4 is 22.6 Å². The van der Waals surface area contributed by atoms with E-state index in [9.17, 15) is 18.8 Å². The molecule has 11 heteroatoms. The largest absolute Gasteiger partial charge is 0.493 e. The lowest BCUT2D eigenvalue weighted by Crippen LogP contribution is -2.27. The standard InChI is InChI=1S/C27H24F2N6O3/c1-4-21(36)34-10-7-15(13-34)35-25-17(27(14-30)8-9-27)12-32-26(31)22(25)18(33-35)6-5-16-23(28)19(37-2)11-20(38-3)24(16)29/h4,11-12,15H,1,7-10,13H2,2-3H3,(H2,31,32)/t15-/m0/s1. The van der Waals surface area contributed by atoms with Crippen LogP contribution in [0, 0.1) is 34.8 Å². The number of benzene rings is 1. The van der Waals surface area contributed by atoms with E-state index in [1.807, 2.05) is 0 Å². The van der Waals surface area contributed by atoms with E-state index in [0.717, 1.165) is 6.07 Å². The summed E-state index contributed by atoms with van der Waals surface area (Å²) < 4.78 is 41.6. The summed E-state index contributed by atoms with van der Waals surface area (Å²) in [6.45, 7) is 4.42. The molecule has 0 unspecified atom stereocenters. The lowest BCUT2D eigenvalue weighted by Gasteiger charge is -2.17. The highest BCUT2D eigenvalue weighted by atomic mass is 19.1. The summed E-state index contributed by atoms with van der Waals surface area (Å²) in [7, 11) is 2.50. The van der Waals surface area contributed by atoms with Gasteiger partial charge in [0, 0.05) is 30.9 Å². The number of hydrogen-bond acceptors (Lipinski definition) is 7. The zero-order valence-corrected chi connectivity index (χ0v) is 20.8. The number of nitriles is 1. The summed E-state index contributed by atoms with van der Waals surface area (Å²) >= 11 is 0. The maximum Gasteiger partial charge on any atom is 0.246 e. The minimum Gasteiger partial charge on any atom is -0.493 e. The second-order valence-electron chi connectivity index (χ2n) is 9.23. The second kappa shape index (κ2) is 9.34. The first-order chi connectivity index (χ1) is 18.3. The predicted molar refractivity (Wildman–Crippen MR) is 134 cm³/mol. The fourth-order valence-electron chi connectivity index (χ4n) is 4.85. The normalized spacial score (nSPS) is 17.4. The van der Waals surface area contributed by atoms with Crippen LogP contribution in [0.15, 0.2) is 24.9 Å². The van der Waals surface area contributed by atoms with Gasteiger partial charge in [0.1, 0.15) is 17.1 Å². The number of aromatic nitrogens is 3. The van der Waals surface area contributed by atoms with Gasteiger partial charge in [-0.05, 0) is 31.3 Å². The molecule has 194 valence electrons. The molecular formula is C27H24F2N6O3. The van der Waals surface area contributed by atoms with Gasteiger partial charge in [0.2, 0.25) is 5.91 Å². The van der Waals surface area contributed by atoms with E-state index in [1.165, 1.54) is 20.3 Å². The number of nitrogen functional groups attached to an aromatic ring is 1. The molecule has 1 saturated heterocycles. The molecule has 1 saturated carbocycles. The number of carbonyl (C=O) groups is 1. The fraction of sp³-hybridized carbons (Fsp3) is 0.333. The summed E-state index contributed by atoms with van der Waals surface area (Å²) in [4.78, 5) is 18.2. The number of fused-ring (bicyclic) bond motifs is 1. The summed E-state index contributed by atoms with van der Waals surface area (Å²) in [5.41, 5.74) is 6.40. The van der Waals surface area contributed by atoms with E-state index in [4.69, 9.17) is 20.3 Å². The van der Waals surface area contributed by atoms with Crippen LogP contribution in [0.1, 0.15) is 42.1 Å². The molecule has 2 N–H and O–H groups in total. The molecule has 1 aliphatic heterocycles. The van der Waals surface area contributed by atoms with Crippen molar-refractivity contribution in [1.29, 1.82) is 5.26 Å². The molecule has 1 atom stereocenters. The molecule has 5 rings (SSSR count). The van der Waals surface area contributed by atoms with Crippen LogP contribution in [-0.2, 0) is 10.2 Å². The number of anilines is 1. The SMILES string of the molecule is C=CC(=O)N1CC[C@H](n2nc(C#Cc3c(F)c(OC)cc(OC)c3F)c3c(N)ncc(C4(C#N)CC4)c32)C1. The molecule has 0 spiro atoms. The van der Waals surface area contributed by atoms with E-state index in [1.54, 1.807) is 15.8 Å². The van der Waals surface area contributed by atoms with Crippen LogP contribution in [0.4, 0.5) is 14.6 Å². The minimum atomic E-state index is -0.982. The first-order valence-corrected chi connectivity index (χ1v) is 11.9. The van der Waals surface area contributed by atoms with E-state index in [2.05, 4.69) is 29.5 Å². The highest BCUT2D eigenvalue weighted by Crippen LogP contribution is 2.50. The number of ether oxygens (including phenoxy) is 2. The number of nitrogens with two attached hydrogens (primary N) is 1. The maximum atomic E-state index is 15.0. The van der Waals surface area contributed by atoms with Crippen molar-refractivity contribution in [2.45, 2.75) is 30.7 Å². The monoisotopic (exact) mass is 518 g/mol. The Balaban J connectivity index is 1.71. The number of nitrogens with zero attached hydrogens (tertiary/aromatic N) is 5. The Labute approximate surface area is 217 Å². The Bertz CT molecular complexity index is 1560. The summed E-state index contributed by atoms with van der Waals surface area (Å²) in [5, 5.41) is 15.0. The number of methoxy groups -OCH3 is 2. The highest BCUT2D eigenvalue weighted by Gasteiger charge is 2.48. The summed E-state index contributed by atoms with van der Waals surface area (Å²) in [5.74, 6) is 2.80. The van der Waals surface area contributed by atoms with E-state index >= 15 is 0 Å². The molecule has 9 nitrogen and oxygen atoms in total. The first-order valence-electron chi connectivity index (χ1n) is 11.9. The molecule has 2 fully saturated rings. The van der Waals surface area contributed by atoms with Gasteiger partial charge in [-0.25, -0.2) is 13.8 Å². The molecule has 2 aliphatic rings. The zero-order valence-electron chi connectivity index (χ0n) is 20.8. The molecule has 38 heavy (non-hydrogen) atoms. The van der Waals surface area contributed by atoms with Gasteiger partial charge >= 0.3 is 0 Å². The topological polar surface area (TPSA) is 119 Å². The summed E-state index contributed by atoms with van der Waals surface area (Å²) in [6.07, 6.45) is 4.75. The van der Waals surface area contributed by atoms with Crippen LogP contribution in [0.3, 0.4) is 0 Å². The van der Waals surface area contributed by atoms with Crippen molar-refractivity contribution in [2.24, 2.45) is 0 Å². The molecule has 3 heterocycles. The van der Waals surface area contributed by atoms with Gasteiger partial charge in [-0.2, -0.15) is 10.4 Å². The van der Waals surface area contributed by atoms with Gasteiger partial charge in [0.25, 0.3) is 0 Å². The predicted octanol–water partition coefficient (Wildman–Crippen LogP) is 3.22. The van der Waals surface area contributed by atoms with Crippen molar-refractivity contribution in [3.05, 3.63) is 53.4 Å². The van der Waals surface area contributed by atoms with E-state index < -0.39 is 22.6 Å². The lowest BCUT2D eigenvalue weighted by molar-refractivity contribution is -0.125. The molecule has 1 amide bonds. The Hall–Kier alpha value is -4.64. The van der Waals surface area contributed by atoms with Crippen molar-refractivity contribution in [2.75, 3.05) is 33.0 Å². The van der Waals surface area contributed by atoms with Crippen LogP contribution >= 0.6 is 0 Å². The Morgan fingerprint density at radius 3 is 2.53 bits per heavy atom. The van der Waals surface area contributed by atoms with Gasteiger partial charge in [-0.1, -0.05) is 12.5 Å². The fourth-order valence-corrected chi connectivity index (χ4v) is 4.85. The number of rotatable bonds is 5. The Morgan fingerprint density at radius 2 is 1.95 bits per heavy atom. The van der Waals surface area contributed by atoms with Crippen LogP contribution in [0.2, 0.25) is 0 Å². The van der Waals surface area contributed by atoms with Crippen LogP contribution in [0.5, 0.6) is 11.5 Å². The molecule has 0 radical (unpaired) electrons. The first kappa shape index (κ1) is 25.0. The van der Waals surface area contributed by atoms with Crippen molar-refractivity contribution < 1.29 is 23.0 Å². The van der Waals surface area contributed by atoms with Crippen molar-refractivity contribution in [3.8, 4) is 29.4 Å². The average Bonchev–Trinajstić information content (AvgIpc) is 3.39. The number of amides is 1. The molecule has 2 aromatic heterocycles. The third kappa shape index (κ3) is 3.88. The number of pyridine rings is 1. The smallest absolute Gasteiger partial charge is 0.246 e. The lowest BCUT2D eigenvalue weighted by atomic mass is 9.96. The third-order valence-corrected chi connectivity index (χ3v) is 7.11. The highest BCUT2D eigenvalue weighted by molar-refractivity contribution is 5.96. The summed E-state index contributed by atoms with van der Waals surface area (Å²) in [6, 6.07) is 3.24. The number of carbonyl (C=O) groups excluding carboxylic acids is 1. The molecule has 0 bridgehead atoms. The van der Waals surface area contributed by atoms with Gasteiger partial charge in [-0.3, -0.25) is 9.48 Å². The zero-order chi connectivity index (χ0) is 27.2. The molecule has 1 aliphatic carbocycles. The van der Waals surface area contributed by atoms with Crippen LogP contribution in [-0.4, -0.2) is 52.9 Å². The third-order valence-electron chi connectivity index (χ3n) is 7.11. The molecule has 3 aromatic rings. The van der Waals surface area contributed by atoms with Crippen LogP contribution < -0.4 is 15.2 Å². The number of halogens is 2. The average molecular weight is 519 g/mol. The molecular weight excluding hydrogens is 494 g/mol. The maximum absolute atomic E-state index is 15.0. The van der Waals surface area contributed by atoms with E-state index in [0.29, 0.717) is 48.8 Å². The van der Waals surface area contributed by atoms with Gasteiger partial charge in [0.15, 0.2) is 23.1 Å². The van der Waals surface area contributed by atoms with E-state index in [-0.39, 0.29) is 35.0 Å². The Morgan fingerprint density at radius 1 is 1.26 bits per heavy atom. The van der Waals surface area contributed by atoms with Crippen molar-refractivity contribution in [1.82, 2.24) is 19.7 Å². The number of likely N-dealkylation sites (tertiary alicyclic amines) is 1. The van der Waals surface area contributed by atoms with Gasteiger partial charge < -0.3 is 20.1 Å². The quantitative estimate of drug-likeness (QED) is 0.407.